The minimum Gasteiger partial charge on any atom is -0.480 e. The van der Waals surface area contributed by atoms with E-state index in [9.17, 15) is 29.1 Å². The van der Waals surface area contributed by atoms with Crippen molar-refractivity contribution in [3.05, 3.63) is 108 Å². The summed E-state index contributed by atoms with van der Waals surface area (Å²) in [7, 11) is 0. The number of hydrogen-bond donors (Lipinski definition) is 5. The average Bonchev–Trinajstić information content (AvgIpc) is 3.22. The molecular formula is C42H52N6O8. The number of piperidine rings is 1. The van der Waals surface area contributed by atoms with Crippen molar-refractivity contribution in [2.75, 3.05) is 19.6 Å². The third kappa shape index (κ3) is 14.1. The van der Waals surface area contributed by atoms with Crippen molar-refractivity contribution in [3.63, 3.8) is 0 Å². The van der Waals surface area contributed by atoms with Gasteiger partial charge in [-0.1, -0.05) is 123 Å². The molecule has 0 spiro atoms. The number of rotatable bonds is 15. The van der Waals surface area contributed by atoms with Crippen LogP contribution < -0.4 is 21.3 Å². The predicted octanol–water partition coefficient (Wildman–Crippen LogP) is 4.93. The van der Waals surface area contributed by atoms with E-state index >= 15 is 0 Å². The molecule has 1 aliphatic heterocycles. The van der Waals surface area contributed by atoms with Gasteiger partial charge in [-0.3, -0.25) is 25.0 Å². The molecule has 1 saturated heterocycles. The van der Waals surface area contributed by atoms with Gasteiger partial charge in [0.05, 0.1) is 12.6 Å². The van der Waals surface area contributed by atoms with Gasteiger partial charge in [-0.2, -0.15) is 0 Å². The van der Waals surface area contributed by atoms with Crippen LogP contribution >= 0.6 is 0 Å². The smallest absolute Gasteiger partial charge is 0.437 e. The lowest BCUT2D eigenvalue weighted by Crippen LogP contribution is -2.57. The summed E-state index contributed by atoms with van der Waals surface area (Å²) in [6.45, 7) is 0.305. The molecule has 14 nitrogen and oxygen atoms in total. The second-order valence-corrected chi connectivity index (χ2v) is 14.3. The van der Waals surface area contributed by atoms with Crippen molar-refractivity contribution >= 4 is 35.9 Å². The van der Waals surface area contributed by atoms with Crippen LogP contribution in [-0.2, 0) is 43.5 Å². The van der Waals surface area contributed by atoms with E-state index < -0.39 is 36.1 Å². The van der Waals surface area contributed by atoms with Crippen LogP contribution in [0.5, 0.6) is 0 Å². The van der Waals surface area contributed by atoms with Crippen molar-refractivity contribution in [2.24, 2.45) is 10.9 Å². The summed E-state index contributed by atoms with van der Waals surface area (Å²) in [5.41, 5.74) is 2.43. The molecule has 1 aliphatic carbocycles. The molecule has 0 radical (unpaired) electrons. The third-order valence-corrected chi connectivity index (χ3v) is 10.00. The van der Waals surface area contributed by atoms with Crippen LogP contribution in [0.15, 0.2) is 96.0 Å². The molecule has 1 saturated carbocycles. The first-order chi connectivity index (χ1) is 27.2. The van der Waals surface area contributed by atoms with Crippen LogP contribution in [0.25, 0.3) is 0 Å². The summed E-state index contributed by atoms with van der Waals surface area (Å²) in [5, 5.41) is 20.9. The summed E-state index contributed by atoms with van der Waals surface area (Å²) >= 11 is 0. The van der Waals surface area contributed by atoms with E-state index in [0.29, 0.717) is 38.3 Å². The number of guanidine groups is 1. The number of aliphatic carboxylic acids is 1. The molecule has 3 aromatic carbocycles. The SMILES string of the molecule is O=C(O)CNC(CC1CCCCC1)C(=O)N[C@H](Cc1ccccc1)C(=O)NC1CCN(C(=NC(=O)OCc2ccccc2)NC(=O)OCc2ccccc2)CC1. The Morgan fingerprint density at radius 2 is 1.29 bits per heavy atom. The highest BCUT2D eigenvalue weighted by atomic mass is 16.6. The summed E-state index contributed by atoms with van der Waals surface area (Å²) in [6.07, 6.45) is 5.22. The van der Waals surface area contributed by atoms with Gasteiger partial charge in [-0.15, -0.1) is 4.99 Å². The predicted molar refractivity (Wildman–Crippen MR) is 209 cm³/mol. The zero-order valence-corrected chi connectivity index (χ0v) is 31.6. The molecule has 5 rings (SSSR count). The standard InChI is InChI=1S/C42H52N6O8/c49-37(50)27-43-35(25-30-13-5-1-6-14-30)38(51)45-36(26-31-15-7-2-8-16-31)39(52)44-34-21-23-48(24-22-34)40(46-41(53)55-28-32-17-9-3-10-18-32)47-42(54)56-29-33-19-11-4-12-20-33/h2-4,7-12,15-20,30,34-36,43H,1,5-6,13-14,21-29H2,(H,44,52)(H,45,51)(H,49,50)(H,46,47,53,54)/t35?,36-/m1/s1. The van der Waals surface area contributed by atoms with Crippen molar-refractivity contribution in [2.45, 2.75) is 89.1 Å². The first kappa shape index (κ1) is 41.4. The molecule has 3 aromatic rings. The largest absolute Gasteiger partial charge is 0.480 e. The molecule has 2 fully saturated rings. The summed E-state index contributed by atoms with van der Waals surface area (Å²) in [5.74, 6) is -1.57. The number of carbonyl (C=O) groups is 5. The highest BCUT2D eigenvalue weighted by Gasteiger charge is 2.31. The highest BCUT2D eigenvalue weighted by molar-refractivity contribution is 5.99. The maximum atomic E-state index is 13.9. The number of amides is 4. The van der Waals surface area contributed by atoms with E-state index in [1.165, 1.54) is 0 Å². The fraction of sp³-hybridized carbons (Fsp3) is 0.429. The Kier molecular flexibility index (Phi) is 16.2. The maximum absolute atomic E-state index is 13.9. The van der Waals surface area contributed by atoms with Crippen LogP contribution in [0.3, 0.4) is 0 Å². The third-order valence-electron chi connectivity index (χ3n) is 10.00. The van der Waals surface area contributed by atoms with Crippen molar-refractivity contribution in [1.29, 1.82) is 0 Å². The summed E-state index contributed by atoms with van der Waals surface area (Å²) in [4.78, 5) is 70.6. The first-order valence-corrected chi connectivity index (χ1v) is 19.3. The molecule has 1 unspecified atom stereocenters. The Morgan fingerprint density at radius 1 is 0.714 bits per heavy atom. The zero-order valence-electron chi connectivity index (χ0n) is 31.6. The van der Waals surface area contributed by atoms with Crippen molar-refractivity contribution < 1.29 is 38.6 Å². The van der Waals surface area contributed by atoms with Crippen LogP contribution in [0.2, 0.25) is 0 Å². The Hall–Kier alpha value is -5.76. The number of hydrogen-bond acceptors (Lipinski definition) is 8. The van der Waals surface area contributed by atoms with E-state index in [0.717, 1.165) is 48.8 Å². The molecule has 1 heterocycles. The minimum atomic E-state index is -1.06. The van der Waals surface area contributed by atoms with Crippen LogP contribution in [-0.4, -0.2) is 83.7 Å². The van der Waals surface area contributed by atoms with Crippen molar-refractivity contribution in [3.8, 4) is 0 Å². The topological polar surface area (TPSA) is 188 Å². The van der Waals surface area contributed by atoms with Gasteiger partial charge in [0.1, 0.15) is 19.3 Å². The molecule has 5 N–H and O–H groups in total. The molecule has 56 heavy (non-hydrogen) atoms. The Bertz CT molecular complexity index is 1750. The van der Waals surface area contributed by atoms with Crippen molar-refractivity contribution in [1.82, 2.24) is 26.2 Å². The second kappa shape index (κ2) is 22.0. The molecule has 2 atom stereocenters. The van der Waals surface area contributed by atoms with E-state index in [2.05, 4.69) is 26.3 Å². The average molecular weight is 769 g/mol. The number of carboxylic acids is 1. The highest BCUT2D eigenvalue weighted by Crippen LogP contribution is 2.27. The number of nitrogens with one attached hydrogen (secondary N) is 4. The number of alkyl carbamates (subject to hydrolysis) is 1. The van der Waals surface area contributed by atoms with E-state index in [-0.39, 0.29) is 44.1 Å². The van der Waals surface area contributed by atoms with Gasteiger partial charge in [0, 0.05) is 25.6 Å². The molecule has 14 heteroatoms. The zero-order chi connectivity index (χ0) is 39.5. The molecule has 2 aliphatic rings. The van der Waals surface area contributed by atoms with Gasteiger partial charge >= 0.3 is 18.2 Å². The number of nitrogens with zero attached hydrogens (tertiary/aromatic N) is 2. The molecular weight excluding hydrogens is 716 g/mol. The number of carboxylic acid groups (broad SMARTS) is 1. The Labute approximate surface area is 327 Å². The Morgan fingerprint density at radius 3 is 1.88 bits per heavy atom. The lowest BCUT2D eigenvalue weighted by molar-refractivity contribution is -0.136. The first-order valence-electron chi connectivity index (χ1n) is 19.3. The fourth-order valence-electron chi connectivity index (χ4n) is 6.98. The number of aliphatic imine (C=N–C) groups is 1. The van der Waals surface area contributed by atoms with Crippen LogP contribution in [0, 0.1) is 5.92 Å². The second-order valence-electron chi connectivity index (χ2n) is 14.3. The minimum absolute atomic E-state index is 0.000643. The lowest BCUT2D eigenvalue weighted by atomic mass is 9.84. The lowest BCUT2D eigenvalue weighted by Gasteiger charge is -2.34. The van der Waals surface area contributed by atoms with Gasteiger partial charge in [0.2, 0.25) is 17.8 Å². The Balaban J connectivity index is 1.22. The van der Waals surface area contributed by atoms with Gasteiger partial charge in [-0.05, 0) is 41.9 Å². The summed E-state index contributed by atoms with van der Waals surface area (Å²) < 4.78 is 10.7. The van der Waals surface area contributed by atoms with Gasteiger partial charge in [0.25, 0.3) is 0 Å². The van der Waals surface area contributed by atoms with E-state index in [1.54, 1.807) is 4.90 Å². The quantitative estimate of drug-likeness (QED) is 0.105. The number of carbonyl (C=O) groups excluding carboxylic acids is 4. The monoisotopic (exact) mass is 768 g/mol. The number of benzene rings is 3. The van der Waals surface area contributed by atoms with E-state index in [4.69, 9.17) is 9.47 Å². The number of ether oxygens (including phenoxy) is 2. The van der Waals surface area contributed by atoms with Gasteiger partial charge < -0.3 is 30.1 Å². The fourth-order valence-corrected chi connectivity index (χ4v) is 6.98. The normalized spacial score (nSPS) is 16.2. The van der Waals surface area contributed by atoms with Gasteiger partial charge in [0.15, 0.2) is 0 Å². The van der Waals surface area contributed by atoms with Gasteiger partial charge in [-0.25, -0.2) is 9.59 Å². The number of likely N-dealkylation sites (tertiary alicyclic amines) is 1. The van der Waals surface area contributed by atoms with Crippen LogP contribution in [0.1, 0.15) is 68.1 Å². The maximum Gasteiger partial charge on any atom is 0.437 e. The summed E-state index contributed by atoms with van der Waals surface area (Å²) in [6, 6.07) is 25.7. The van der Waals surface area contributed by atoms with E-state index in [1.807, 2.05) is 91.0 Å². The molecule has 4 amide bonds. The molecule has 0 aromatic heterocycles. The van der Waals surface area contributed by atoms with Crippen LogP contribution in [0.4, 0.5) is 9.59 Å². The molecule has 0 bridgehead atoms. The molecule has 298 valence electrons.